The number of hydrogen-bond donors (Lipinski definition) is 3. The number of hydrogen-bond acceptors (Lipinski definition) is 4. The van der Waals surface area contributed by atoms with Crippen molar-refractivity contribution in [2.75, 3.05) is 0 Å². The molecule has 0 aliphatic rings. The maximum absolute atomic E-state index is 8.73. The Labute approximate surface area is 55.1 Å². The largest absolute Gasteiger partial charge is 0.391 e. The molecule has 2 atom stereocenters. The second-order valence-corrected chi connectivity index (χ2v) is 2.52. The first-order valence-electron chi connectivity index (χ1n) is 2.56. The van der Waals surface area contributed by atoms with Crippen LogP contribution in [0.15, 0.2) is 0 Å². The zero-order valence-corrected chi connectivity index (χ0v) is 6.25. The summed E-state index contributed by atoms with van der Waals surface area (Å²) in [5, 5.41) is 8.73. The molecule has 0 radical (unpaired) electrons. The van der Waals surface area contributed by atoms with E-state index in [0.29, 0.717) is 0 Å². The van der Waals surface area contributed by atoms with Crippen LogP contribution in [0.25, 0.3) is 0 Å². The lowest BCUT2D eigenvalue weighted by Gasteiger charge is -2.14. The topological polar surface area (TPSA) is 69.9 Å². The molecule has 4 nitrogen and oxygen atoms in total. The number of rotatable bonds is 3. The van der Waals surface area contributed by atoms with Crippen LogP contribution in [-0.2, 0) is 4.52 Å². The van der Waals surface area contributed by atoms with E-state index >= 15 is 0 Å². The van der Waals surface area contributed by atoms with E-state index in [1.54, 1.807) is 6.92 Å². The summed E-state index contributed by atoms with van der Waals surface area (Å²) in [5.41, 5.74) is 0. The van der Waals surface area contributed by atoms with Crippen LogP contribution in [0.4, 0.5) is 0 Å². The number of aliphatic hydroxyl groups is 1. The molecule has 0 rings (SSSR count). The molecule has 0 aromatic carbocycles. The van der Waals surface area contributed by atoms with Crippen LogP contribution < -0.4 is 0 Å². The molecular formula is C4H11O4P. The van der Waals surface area contributed by atoms with E-state index in [1.165, 1.54) is 6.92 Å². The van der Waals surface area contributed by atoms with Gasteiger partial charge >= 0.3 is 8.60 Å². The summed E-state index contributed by atoms with van der Waals surface area (Å²) >= 11 is 0. The number of aliphatic hydroxyl groups excluding tert-OH is 1. The first-order valence-corrected chi connectivity index (χ1v) is 3.73. The van der Waals surface area contributed by atoms with Crippen LogP contribution in [-0.4, -0.2) is 27.1 Å². The highest BCUT2D eigenvalue weighted by Crippen LogP contribution is 2.27. The highest BCUT2D eigenvalue weighted by Gasteiger charge is 2.12. The fourth-order valence-corrected chi connectivity index (χ4v) is 0.710. The molecule has 0 bridgehead atoms. The average molecular weight is 154 g/mol. The third kappa shape index (κ3) is 4.75. The van der Waals surface area contributed by atoms with E-state index in [4.69, 9.17) is 14.9 Å². The molecule has 3 N–H and O–H groups in total. The van der Waals surface area contributed by atoms with Gasteiger partial charge in [-0.1, -0.05) is 0 Å². The molecule has 5 heteroatoms. The van der Waals surface area contributed by atoms with Crippen LogP contribution in [0.1, 0.15) is 13.8 Å². The summed E-state index contributed by atoms with van der Waals surface area (Å²) < 4.78 is 4.44. The molecule has 56 valence electrons. The van der Waals surface area contributed by atoms with Gasteiger partial charge in [0.1, 0.15) is 0 Å². The fraction of sp³-hybridized carbons (Fsp3) is 1.00. The quantitative estimate of drug-likeness (QED) is 0.500. The molecule has 0 saturated carbocycles. The molecule has 2 unspecified atom stereocenters. The first-order chi connectivity index (χ1) is 4.04. The van der Waals surface area contributed by atoms with Crippen molar-refractivity contribution in [2.45, 2.75) is 26.1 Å². The van der Waals surface area contributed by atoms with Gasteiger partial charge in [0.15, 0.2) is 0 Å². The van der Waals surface area contributed by atoms with Gasteiger partial charge in [0.25, 0.3) is 0 Å². The zero-order valence-electron chi connectivity index (χ0n) is 5.35. The molecular weight excluding hydrogens is 143 g/mol. The van der Waals surface area contributed by atoms with E-state index in [2.05, 4.69) is 4.52 Å². The zero-order chi connectivity index (χ0) is 7.44. The van der Waals surface area contributed by atoms with E-state index < -0.39 is 20.8 Å². The summed E-state index contributed by atoms with van der Waals surface area (Å²) in [6.45, 7) is 3.08. The van der Waals surface area contributed by atoms with Gasteiger partial charge in [0.05, 0.1) is 12.2 Å². The van der Waals surface area contributed by atoms with Gasteiger partial charge in [-0.2, -0.15) is 0 Å². The SMILES string of the molecule is CC(O)C(C)OP(O)O. The monoisotopic (exact) mass is 154 g/mol. The third-order valence-electron chi connectivity index (χ3n) is 0.940. The summed E-state index contributed by atoms with van der Waals surface area (Å²) in [4.78, 5) is 16.5. The van der Waals surface area contributed by atoms with Crippen molar-refractivity contribution in [2.24, 2.45) is 0 Å². The van der Waals surface area contributed by atoms with Crippen LogP contribution in [0.5, 0.6) is 0 Å². The van der Waals surface area contributed by atoms with Crippen molar-refractivity contribution in [3.63, 3.8) is 0 Å². The summed E-state index contributed by atoms with van der Waals surface area (Å²) in [6.07, 6.45) is -1.19. The first kappa shape index (κ1) is 9.27. The predicted octanol–water partition coefficient (Wildman–Crippen LogP) is -0.0162. The third-order valence-corrected chi connectivity index (χ3v) is 1.46. The van der Waals surface area contributed by atoms with Gasteiger partial charge in [-0.05, 0) is 13.8 Å². The predicted molar refractivity (Wildman–Crippen MR) is 33.6 cm³/mol. The van der Waals surface area contributed by atoms with Crippen molar-refractivity contribution >= 4 is 8.60 Å². The molecule has 0 heterocycles. The van der Waals surface area contributed by atoms with Gasteiger partial charge in [0.2, 0.25) is 0 Å². The molecule has 0 amide bonds. The Bertz CT molecular complexity index is 75.0. The fourth-order valence-electron chi connectivity index (χ4n) is 0.237. The highest BCUT2D eigenvalue weighted by molar-refractivity contribution is 7.39. The average Bonchev–Trinajstić information content (AvgIpc) is 1.63. The second kappa shape index (κ2) is 4.14. The Balaban J connectivity index is 3.38. The lowest BCUT2D eigenvalue weighted by molar-refractivity contribution is 0.0518. The Hall–Kier alpha value is 0.270. The van der Waals surface area contributed by atoms with Gasteiger partial charge in [-0.3, -0.25) is 0 Å². The van der Waals surface area contributed by atoms with Gasteiger partial charge in [-0.15, -0.1) is 0 Å². The minimum absolute atomic E-state index is 0.522. The Morgan fingerprint density at radius 2 is 1.78 bits per heavy atom. The van der Waals surface area contributed by atoms with Crippen molar-refractivity contribution in [3.8, 4) is 0 Å². The van der Waals surface area contributed by atoms with E-state index in [-0.39, 0.29) is 0 Å². The molecule has 0 spiro atoms. The minimum Gasteiger partial charge on any atom is -0.391 e. The van der Waals surface area contributed by atoms with Crippen molar-refractivity contribution < 1.29 is 19.4 Å². The van der Waals surface area contributed by atoms with Crippen LogP contribution >= 0.6 is 8.60 Å². The molecule has 0 aliphatic carbocycles. The second-order valence-electron chi connectivity index (χ2n) is 1.80. The molecule has 0 fully saturated rings. The van der Waals surface area contributed by atoms with E-state index in [1.807, 2.05) is 0 Å². The van der Waals surface area contributed by atoms with Crippen LogP contribution in [0.2, 0.25) is 0 Å². The Kier molecular flexibility index (Phi) is 4.27. The van der Waals surface area contributed by atoms with E-state index in [9.17, 15) is 0 Å². The lowest BCUT2D eigenvalue weighted by Crippen LogP contribution is -2.20. The summed E-state index contributed by atoms with van der Waals surface area (Å²) in [7, 11) is -2.33. The molecule has 0 aromatic rings. The smallest absolute Gasteiger partial charge is 0.327 e. The molecule has 0 aromatic heterocycles. The maximum atomic E-state index is 8.73. The standard InChI is InChI=1S/C4H11O4P/c1-3(5)4(2)8-9(6)7/h3-7H,1-2H3. The Morgan fingerprint density at radius 3 is 1.89 bits per heavy atom. The summed E-state index contributed by atoms with van der Waals surface area (Å²) in [5.74, 6) is 0. The highest BCUT2D eigenvalue weighted by atomic mass is 31.2. The van der Waals surface area contributed by atoms with Gasteiger partial charge < -0.3 is 19.4 Å². The Morgan fingerprint density at radius 1 is 1.33 bits per heavy atom. The van der Waals surface area contributed by atoms with Gasteiger partial charge in [-0.25, -0.2) is 0 Å². The minimum atomic E-state index is -2.33. The van der Waals surface area contributed by atoms with Crippen molar-refractivity contribution in [1.29, 1.82) is 0 Å². The van der Waals surface area contributed by atoms with Crippen molar-refractivity contribution in [3.05, 3.63) is 0 Å². The normalized spacial score (nSPS) is 18.0. The lowest BCUT2D eigenvalue weighted by atomic mass is 10.3. The van der Waals surface area contributed by atoms with E-state index in [0.717, 1.165) is 0 Å². The van der Waals surface area contributed by atoms with Gasteiger partial charge in [0, 0.05) is 0 Å². The van der Waals surface area contributed by atoms with Crippen molar-refractivity contribution in [1.82, 2.24) is 0 Å². The summed E-state index contributed by atoms with van der Waals surface area (Å²) in [6, 6.07) is 0. The molecule has 9 heavy (non-hydrogen) atoms. The van der Waals surface area contributed by atoms with Crippen LogP contribution in [0.3, 0.4) is 0 Å². The molecule has 0 saturated heterocycles. The van der Waals surface area contributed by atoms with Crippen LogP contribution in [0, 0.1) is 0 Å². The molecule has 0 aliphatic heterocycles. The maximum Gasteiger partial charge on any atom is 0.327 e.